The average molecular weight is 359 g/mol. The number of thioether (sulfide) groups is 1. The Hall–Kier alpha value is -1.98. The number of nitrogens with one attached hydrogen (secondary N) is 1. The molecule has 0 fully saturated rings. The molecule has 0 saturated carbocycles. The zero-order chi connectivity index (χ0) is 18.2. The molecule has 0 radical (unpaired) electrons. The van der Waals surface area contributed by atoms with Crippen LogP contribution in [0.1, 0.15) is 36.7 Å². The van der Waals surface area contributed by atoms with E-state index in [1.165, 1.54) is 0 Å². The molecule has 0 aliphatic heterocycles. The fourth-order valence-corrected chi connectivity index (χ4v) is 2.75. The fraction of sp³-hybridized carbons (Fsp3) is 0.350. The number of carbonyl (C=O) groups is 1. The molecule has 4 nitrogen and oxygen atoms in total. The van der Waals surface area contributed by atoms with E-state index in [0.29, 0.717) is 18.8 Å². The third-order valence-electron chi connectivity index (χ3n) is 3.52. The quantitative estimate of drug-likeness (QED) is 0.675. The van der Waals surface area contributed by atoms with Crippen LogP contribution in [0.25, 0.3) is 0 Å². The van der Waals surface area contributed by atoms with E-state index in [1.54, 1.807) is 17.8 Å². The lowest BCUT2D eigenvalue weighted by Gasteiger charge is -2.14. The smallest absolute Gasteiger partial charge is 0.255 e. The van der Waals surface area contributed by atoms with E-state index in [1.807, 2.05) is 63.4 Å². The summed E-state index contributed by atoms with van der Waals surface area (Å²) in [5, 5.41) is 2.94. The molecule has 0 heterocycles. The van der Waals surface area contributed by atoms with Gasteiger partial charge < -0.3 is 14.8 Å². The van der Waals surface area contributed by atoms with Crippen molar-refractivity contribution >= 4 is 23.4 Å². The van der Waals surface area contributed by atoms with Crippen molar-refractivity contribution in [1.29, 1.82) is 0 Å². The second-order valence-corrected chi connectivity index (χ2v) is 6.68. The van der Waals surface area contributed by atoms with Crippen LogP contribution in [-0.2, 0) is 11.3 Å². The number of hydrogen-bond acceptors (Lipinski definition) is 4. The van der Waals surface area contributed by atoms with Crippen LogP contribution in [-0.4, -0.2) is 24.9 Å². The minimum Gasteiger partial charge on any atom is -0.494 e. The predicted octanol–water partition coefficient (Wildman–Crippen LogP) is 4.98. The van der Waals surface area contributed by atoms with Crippen LogP contribution in [0, 0.1) is 0 Å². The van der Waals surface area contributed by atoms with Crippen molar-refractivity contribution in [3.8, 4) is 5.75 Å². The first-order chi connectivity index (χ1) is 12.0. The summed E-state index contributed by atoms with van der Waals surface area (Å²) in [5.41, 5.74) is 2.24. The molecule has 134 valence electrons. The number of rotatable bonds is 8. The third kappa shape index (κ3) is 5.80. The molecule has 0 spiro atoms. The summed E-state index contributed by atoms with van der Waals surface area (Å²) >= 11 is 1.64. The highest BCUT2D eigenvalue weighted by atomic mass is 32.2. The lowest BCUT2D eigenvalue weighted by molar-refractivity contribution is 0.0641. The fourth-order valence-electron chi connectivity index (χ4n) is 2.29. The molecule has 1 amide bonds. The third-order valence-corrected chi connectivity index (χ3v) is 4.25. The first-order valence-corrected chi connectivity index (χ1v) is 9.58. The highest BCUT2D eigenvalue weighted by molar-refractivity contribution is 7.98. The van der Waals surface area contributed by atoms with Crippen LogP contribution in [0.3, 0.4) is 0 Å². The number of anilines is 1. The van der Waals surface area contributed by atoms with Gasteiger partial charge in [-0.05, 0) is 63.4 Å². The second-order valence-electron chi connectivity index (χ2n) is 5.80. The molecule has 0 aliphatic carbocycles. The van der Waals surface area contributed by atoms with Gasteiger partial charge in [0.05, 0.1) is 19.3 Å². The van der Waals surface area contributed by atoms with E-state index in [0.717, 1.165) is 21.9 Å². The molecule has 0 atom stereocenters. The molecule has 2 aromatic carbocycles. The van der Waals surface area contributed by atoms with Gasteiger partial charge in [0.2, 0.25) is 0 Å². The average Bonchev–Trinajstić information content (AvgIpc) is 2.61. The standard InChI is InChI=1S/C20H25NO3S/c1-5-23-19-10-9-15(11-16(19)13-24-14(2)3)20(22)21-17-7-6-8-18(12-17)25-4/h6-12,14H,5,13H2,1-4H3,(H,21,22). The van der Waals surface area contributed by atoms with Crippen LogP contribution >= 0.6 is 11.8 Å². The van der Waals surface area contributed by atoms with Crippen LogP contribution in [0.4, 0.5) is 5.69 Å². The summed E-state index contributed by atoms with van der Waals surface area (Å²) in [6.45, 7) is 6.88. The maximum atomic E-state index is 12.6. The second kappa shape index (κ2) is 9.49. The molecule has 0 saturated heterocycles. The maximum Gasteiger partial charge on any atom is 0.255 e. The molecule has 1 N–H and O–H groups in total. The number of benzene rings is 2. The van der Waals surface area contributed by atoms with Crippen molar-refractivity contribution < 1.29 is 14.3 Å². The zero-order valence-electron chi connectivity index (χ0n) is 15.2. The molecule has 0 unspecified atom stereocenters. The van der Waals surface area contributed by atoms with Crippen LogP contribution in [0.2, 0.25) is 0 Å². The number of ether oxygens (including phenoxy) is 2. The molecule has 2 aromatic rings. The predicted molar refractivity (Wildman–Crippen MR) is 104 cm³/mol. The first kappa shape index (κ1) is 19.3. The Labute approximate surface area is 153 Å². The minimum atomic E-state index is -0.146. The van der Waals surface area contributed by atoms with Gasteiger partial charge in [0, 0.05) is 21.7 Å². The summed E-state index contributed by atoms with van der Waals surface area (Å²) in [5.74, 6) is 0.608. The number of hydrogen-bond donors (Lipinski definition) is 1. The molecule has 5 heteroatoms. The van der Waals surface area contributed by atoms with Gasteiger partial charge in [-0.15, -0.1) is 11.8 Å². The lowest BCUT2D eigenvalue weighted by Crippen LogP contribution is -2.13. The van der Waals surface area contributed by atoms with Gasteiger partial charge in [-0.25, -0.2) is 0 Å². The summed E-state index contributed by atoms with van der Waals surface area (Å²) in [6, 6.07) is 13.2. The normalized spacial score (nSPS) is 10.8. The minimum absolute atomic E-state index is 0.112. The Morgan fingerprint density at radius 1 is 1.20 bits per heavy atom. The van der Waals surface area contributed by atoms with E-state index in [4.69, 9.17) is 9.47 Å². The first-order valence-electron chi connectivity index (χ1n) is 8.36. The zero-order valence-corrected chi connectivity index (χ0v) is 16.0. The maximum absolute atomic E-state index is 12.6. The Bertz CT molecular complexity index is 716. The summed E-state index contributed by atoms with van der Waals surface area (Å²) in [7, 11) is 0. The summed E-state index contributed by atoms with van der Waals surface area (Å²) in [6.07, 6.45) is 2.12. The van der Waals surface area contributed by atoms with E-state index >= 15 is 0 Å². The lowest BCUT2D eigenvalue weighted by atomic mass is 10.1. The van der Waals surface area contributed by atoms with Crippen molar-refractivity contribution in [3.63, 3.8) is 0 Å². The molecule has 25 heavy (non-hydrogen) atoms. The SMILES string of the molecule is CCOc1ccc(C(=O)Nc2cccc(SC)c2)cc1COC(C)C. The Balaban J connectivity index is 2.18. The van der Waals surface area contributed by atoms with E-state index in [9.17, 15) is 4.79 Å². The van der Waals surface area contributed by atoms with Crippen molar-refractivity contribution in [2.45, 2.75) is 38.4 Å². The largest absolute Gasteiger partial charge is 0.494 e. The molecular weight excluding hydrogens is 334 g/mol. The van der Waals surface area contributed by atoms with E-state index < -0.39 is 0 Å². The van der Waals surface area contributed by atoms with Crippen molar-refractivity contribution in [2.24, 2.45) is 0 Å². The molecule has 2 rings (SSSR count). The Morgan fingerprint density at radius 3 is 2.68 bits per heavy atom. The summed E-state index contributed by atoms with van der Waals surface area (Å²) < 4.78 is 11.3. The monoisotopic (exact) mass is 359 g/mol. The molecule has 0 aromatic heterocycles. The van der Waals surface area contributed by atoms with Gasteiger partial charge in [-0.2, -0.15) is 0 Å². The number of carbonyl (C=O) groups excluding carboxylic acids is 1. The van der Waals surface area contributed by atoms with Crippen LogP contribution in [0.15, 0.2) is 47.4 Å². The number of amides is 1. The highest BCUT2D eigenvalue weighted by Gasteiger charge is 2.12. The van der Waals surface area contributed by atoms with Gasteiger partial charge in [0.15, 0.2) is 0 Å². The summed E-state index contributed by atoms with van der Waals surface area (Å²) in [4.78, 5) is 13.7. The molecule has 0 bridgehead atoms. The van der Waals surface area contributed by atoms with Crippen molar-refractivity contribution in [1.82, 2.24) is 0 Å². The Morgan fingerprint density at radius 2 is 2.00 bits per heavy atom. The van der Waals surface area contributed by atoms with Gasteiger partial charge in [0.25, 0.3) is 5.91 Å². The molecular formula is C20H25NO3S. The van der Waals surface area contributed by atoms with Crippen LogP contribution in [0.5, 0.6) is 5.75 Å². The van der Waals surface area contributed by atoms with Crippen molar-refractivity contribution in [2.75, 3.05) is 18.2 Å². The van der Waals surface area contributed by atoms with Crippen molar-refractivity contribution in [3.05, 3.63) is 53.6 Å². The van der Waals surface area contributed by atoms with E-state index in [-0.39, 0.29) is 12.0 Å². The van der Waals surface area contributed by atoms with Gasteiger partial charge >= 0.3 is 0 Å². The highest BCUT2D eigenvalue weighted by Crippen LogP contribution is 2.23. The van der Waals surface area contributed by atoms with Gasteiger partial charge in [-0.1, -0.05) is 6.07 Å². The van der Waals surface area contributed by atoms with Gasteiger partial charge in [-0.3, -0.25) is 4.79 Å². The van der Waals surface area contributed by atoms with Crippen LogP contribution < -0.4 is 10.1 Å². The van der Waals surface area contributed by atoms with Gasteiger partial charge in [0.1, 0.15) is 5.75 Å². The Kier molecular flexibility index (Phi) is 7.34. The van der Waals surface area contributed by atoms with E-state index in [2.05, 4.69) is 5.32 Å². The topological polar surface area (TPSA) is 47.6 Å². The molecule has 0 aliphatic rings.